The summed E-state index contributed by atoms with van der Waals surface area (Å²) in [5.41, 5.74) is 5.65. The predicted octanol–water partition coefficient (Wildman–Crippen LogP) is 4.73. The van der Waals surface area contributed by atoms with Crippen LogP contribution in [0.15, 0.2) is 36.4 Å². The minimum atomic E-state index is -0.854. The van der Waals surface area contributed by atoms with Gasteiger partial charge in [-0.2, -0.15) is 0 Å². The molecule has 0 bridgehead atoms. The molecule has 2 N–H and O–H groups in total. The third-order valence-corrected chi connectivity index (χ3v) is 4.20. The number of hydrogen-bond acceptors (Lipinski definition) is 1. The number of aromatic nitrogens is 1. The second-order valence-electron chi connectivity index (χ2n) is 5.53. The van der Waals surface area contributed by atoms with Crippen molar-refractivity contribution in [1.29, 1.82) is 0 Å². The third-order valence-electron chi connectivity index (χ3n) is 3.88. The van der Waals surface area contributed by atoms with E-state index in [1.165, 1.54) is 0 Å². The first-order valence-corrected chi connectivity index (χ1v) is 7.43. The molecule has 0 atom stereocenters. The van der Waals surface area contributed by atoms with E-state index in [1.54, 1.807) is 6.07 Å². The fourth-order valence-corrected chi connectivity index (χ4v) is 3.03. The van der Waals surface area contributed by atoms with Crippen molar-refractivity contribution in [3.05, 3.63) is 58.1 Å². The van der Waals surface area contributed by atoms with Crippen LogP contribution in [0, 0.1) is 13.8 Å². The number of carboxylic acid groups (broad SMARTS) is 1. The Morgan fingerprint density at radius 2 is 2.00 bits per heavy atom. The molecular formula is C18H16ClNO2. The fraction of sp³-hybridized carbons (Fsp3) is 0.167. The van der Waals surface area contributed by atoms with Crippen molar-refractivity contribution in [1.82, 2.24) is 4.98 Å². The van der Waals surface area contributed by atoms with Gasteiger partial charge in [0.2, 0.25) is 0 Å². The van der Waals surface area contributed by atoms with Crippen LogP contribution in [0.2, 0.25) is 5.02 Å². The highest BCUT2D eigenvalue weighted by Gasteiger charge is 2.18. The lowest BCUT2D eigenvalue weighted by molar-refractivity contribution is -0.136. The topological polar surface area (TPSA) is 53.1 Å². The first-order valence-electron chi connectivity index (χ1n) is 7.06. The van der Waals surface area contributed by atoms with E-state index in [9.17, 15) is 9.90 Å². The van der Waals surface area contributed by atoms with E-state index in [1.807, 2.05) is 38.1 Å². The zero-order chi connectivity index (χ0) is 15.9. The molecule has 0 amide bonds. The maximum Gasteiger partial charge on any atom is 0.307 e. The van der Waals surface area contributed by atoms with Crippen LogP contribution < -0.4 is 0 Å². The van der Waals surface area contributed by atoms with Crippen molar-refractivity contribution in [3.8, 4) is 11.3 Å². The van der Waals surface area contributed by atoms with Crippen molar-refractivity contribution in [2.24, 2.45) is 0 Å². The van der Waals surface area contributed by atoms with Gasteiger partial charge in [0.15, 0.2) is 0 Å². The number of carbonyl (C=O) groups is 1. The van der Waals surface area contributed by atoms with Crippen LogP contribution in [0.3, 0.4) is 0 Å². The summed E-state index contributed by atoms with van der Waals surface area (Å²) in [5, 5.41) is 10.7. The summed E-state index contributed by atoms with van der Waals surface area (Å²) >= 11 is 6.26. The number of carboxylic acids is 1. The van der Waals surface area contributed by atoms with E-state index < -0.39 is 5.97 Å². The summed E-state index contributed by atoms with van der Waals surface area (Å²) in [7, 11) is 0. The molecule has 3 rings (SSSR count). The highest BCUT2D eigenvalue weighted by atomic mass is 35.5. The SMILES string of the molecule is Cc1ccc(C)c(-c2[nH]c3c(Cl)cccc3c2CC(=O)O)c1. The number of para-hydroxylation sites is 1. The Hall–Kier alpha value is -2.26. The molecule has 0 saturated carbocycles. The molecule has 2 aromatic carbocycles. The van der Waals surface area contributed by atoms with Gasteiger partial charge in [0.25, 0.3) is 0 Å². The summed E-state index contributed by atoms with van der Waals surface area (Å²) in [4.78, 5) is 14.6. The maximum absolute atomic E-state index is 11.3. The number of fused-ring (bicyclic) bond motifs is 1. The van der Waals surface area contributed by atoms with E-state index in [0.717, 1.165) is 38.9 Å². The standard InChI is InChI=1S/C18H16ClNO2/c1-10-6-7-11(2)13(8-10)17-14(9-16(21)22)12-4-3-5-15(19)18(12)20-17/h3-8,20H,9H2,1-2H3,(H,21,22). The van der Waals surface area contributed by atoms with Gasteiger partial charge in [0.1, 0.15) is 0 Å². The summed E-state index contributed by atoms with van der Waals surface area (Å²) in [6.45, 7) is 4.04. The van der Waals surface area contributed by atoms with Gasteiger partial charge < -0.3 is 10.1 Å². The predicted molar refractivity (Wildman–Crippen MR) is 89.6 cm³/mol. The zero-order valence-electron chi connectivity index (χ0n) is 12.4. The molecule has 3 aromatic rings. The average molecular weight is 314 g/mol. The van der Waals surface area contributed by atoms with Gasteiger partial charge in [-0.25, -0.2) is 0 Å². The summed E-state index contributed by atoms with van der Waals surface area (Å²) < 4.78 is 0. The molecular weight excluding hydrogens is 298 g/mol. The van der Waals surface area contributed by atoms with E-state index >= 15 is 0 Å². The number of aryl methyl sites for hydroxylation is 2. The smallest absolute Gasteiger partial charge is 0.307 e. The van der Waals surface area contributed by atoms with Gasteiger partial charge in [0.05, 0.1) is 22.7 Å². The molecule has 1 heterocycles. The average Bonchev–Trinajstić information content (AvgIpc) is 2.81. The number of halogens is 1. The molecule has 0 aliphatic carbocycles. The van der Waals surface area contributed by atoms with Gasteiger partial charge in [-0.05, 0) is 37.1 Å². The molecule has 0 spiro atoms. The van der Waals surface area contributed by atoms with E-state index in [4.69, 9.17) is 11.6 Å². The van der Waals surface area contributed by atoms with Gasteiger partial charge >= 0.3 is 5.97 Å². The molecule has 4 heteroatoms. The second-order valence-corrected chi connectivity index (χ2v) is 5.94. The van der Waals surface area contributed by atoms with Crippen LogP contribution in [-0.2, 0) is 11.2 Å². The van der Waals surface area contributed by atoms with E-state index in [0.29, 0.717) is 5.02 Å². The Bertz CT molecular complexity index is 880. The number of rotatable bonds is 3. The fourth-order valence-electron chi connectivity index (χ4n) is 2.81. The zero-order valence-corrected chi connectivity index (χ0v) is 13.2. The van der Waals surface area contributed by atoms with Gasteiger partial charge in [0, 0.05) is 10.9 Å². The summed E-state index contributed by atoms with van der Waals surface area (Å²) in [6, 6.07) is 11.7. The number of H-pyrrole nitrogens is 1. The Kier molecular flexibility index (Phi) is 3.67. The van der Waals surface area contributed by atoms with Crippen molar-refractivity contribution >= 4 is 28.5 Å². The highest BCUT2D eigenvalue weighted by molar-refractivity contribution is 6.35. The van der Waals surface area contributed by atoms with Gasteiger partial charge in [-0.15, -0.1) is 0 Å². The molecule has 0 aliphatic heterocycles. The highest BCUT2D eigenvalue weighted by Crippen LogP contribution is 2.35. The first kappa shape index (κ1) is 14.7. The van der Waals surface area contributed by atoms with Crippen LogP contribution in [-0.4, -0.2) is 16.1 Å². The van der Waals surface area contributed by atoms with Crippen molar-refractivity contribution in [2.45, 2.75) is 20.3 Å². The molecule has 3 nitrogen and oxygen atoms in total. The number of aliphatic carboxylic acids is 1. The van der Waals surface area contributed by atoms with Crippen LogP contribution in [0.1, 0.15) is 16.7 Å². The lowest BCUT2D eigenvalue weighted by atomic mass is 9.98. The molecule has 0 unspecified atom stereocenters. The Morgan fingerprint density at radius 1 is 1.23 bits per heavy atom. The number of aromatic amines is 1. The van der Waals surface area contributed by atoms with Crippen molar-refractivity contribution < 1.29 is 9.90 Å². The lowest BCUT2D eigenvalue weighted by Gasteiger charge is -2.08. The largest absolute Gasteiger partial charge is 0.481 e. The van der Waals surface area contributed by atoms with Crippen molar-refractivity contribution in [3.63, 3.8) is 0 Å². The molecule has 0 radical (unpaired) electrons. The summed E-state index contributed by atoms with van der Waals surface area (Å²) in [6.07, 6.45) is -0.0386. The van der Waals surface area contributed by atoms with Crippen LogP contribution in [0.25, 0.3) is 22.2 Å². The maximum atomic E-state index is 11.3. The van der Waals surface area contributed by atoms with Crippen LogP contribution >= 0.6 is 11.6 Å². The number of hydrogen-bond donors (Lipinski definition) is 2. The molecule has 112 valence electrons. The van der Waals surface area contributed by atoms with Crippen LogP contribution in [0.4, 0.5) is 0 Å². The first-order chi connectivity index (χ1) is 10.5. The quantitative estimate of drug-likeness (QED) is 0.734. The molecule has 22 heavy (non-hydrogen) atoms. The third kappa shape index (κ3) is 2.48. The molecule has 0 saturated heterocycles. The second kappa shape index (κ2) is 5.50. The molecule has 1 aromatic heterocycles. The summed E-state index contributed by atoms with van der Waals surface area (Å²) in [5.74, 6) is -0.854. The molecule has 0 aliphatic rings. The normalized spacial score (nSPS) is 11.0. The van der Waals surface area contributed by atoms with Gasteiger partial charge in [-0.1, -0.05) is 41.4 Å². The minimum Gasteiger partial charge on any atom is -0.481 e. The number of benzene rings is 2. The molecule has 0 fully saturated rings. The number of nitrogens with one attached hydrogen (secondary N) is 1. The van der Waals surface area contributed by atoms with E-state index in [2.05, 4.69) is 11.1 Å². The van der Waals surface area contributed by atoms with E-state index in [-0.39, 0.29) is 6.42 Å². The van der Waals surface area contributed by atoms with Gasteiger partial charge in [-0.3, -0.25) is 4.79 Å². The Balaban J connectivity index is 2.35. The monoisotopic (exact) mass is 313 g/mol. The minimum absolute atomic E-state index is 0.0386. The van der Waals surface area contributed by atoms with Crippen molar-refractivity contribution in [2.75, 3.05) is 0 Å². The Morgan fingerprint density at radius 3 is 2.73 bits per heavy atom. The van der Waals surface area contributed by atoms with Crippen LogP contribution in [0.5, 0.6) is 0 Å². The Labute approximate surface area is 133 Å². The lowest BCUT2D eigenvalue weighted by Crippen LogP contribution is -2.01.